The molecule has 1 aliphatic heterocycles. The largest absolute Gasteiger partial charge is 0.497 e. The molecule has 0 saturated heterocycles. The lowest BCUT2D eigenvalue weighted by molar-refractivity contribution is 0.0518. The van der Waals surface area contributed by atoms with Gasteiger partial charge in [-0.25, -0.2) is 9.78 Å². The molecule has 9 heteroatoms. The normalized spacial score (nSPS) is 11.8. The number of carbonyl (C=O) groups excluding carboxylic acids is 1. The van der Waals surface area contributed by atoms with Gasteiger partial charge >= 0.3 is 5.97 Å². The van der Waals surface area contributed by atoms with E-state index in [1.54, 1.807) is 26.4 Å². The van der Waals surface area contributed by atoms with Crippen LogP contribution in [0.1, 0.15) is 34.5 Å². The number of benzene rings is 2. The molecule has 0 fully saturated rings. The van der Waals surface area contributed by atoms with E-state index in [2.05, 4.69) is 15.2 Å². The van der Waals surface area contributed by atoms with Crippen molar-refractivity contribution >= 4 is 17.6 Å². The Kier molecular flexibility index (Phi) is 5.14. The molecule has 0 spiro atoms. The molecule has 2 aromatic carbocycles. The molecule has 32 heavy (non-hydrogen) atoms. The molecule has 3 heterocycles. The number of rotatable bonds is 5. The summed E-state index contributed by atoms with van der Waals surface area (Å²) in [5.74, 6) is 1.79. The van der Waals surface area contributed by atoms with Gasteiger partial charge in [-0.15, -0.1) is 10.2 Å². The molecule has 0 bridgehead atoms. The van der Waals surface area contributed by atoms with Gasteiger partial charge in [0.15, 0.2) is 11.5 Å². The average Bonchev–Trinajstić information content (AvgIpc) is 3.36. The summed E-state index contributed by atoms with van der Waals surface area (Å²) in [6.07, 6.45) is 2.20. The first-order chi connectivity index (χ1) is 15.6. The van der Waals surface area contributed by atoms with Gasteiger partial charge in [0.2, 0.25) is 0 Å². The Labute approximate surface area is 189 Å². The summed E-state index contributed by atoms with van der Waals surface area (Å²) in [6.45, 7) is 2.42. The minimum atomic E-state index is -0.454. The summed E-state index contributed by atoms with van der Waals surface area (Å²) in [6, 6.07) is 13.4. The van der Waals surface area contributed by atoms with Crippen LogP contribution in [0.25, 0.3) is 17.1 Å². The Morgan fingerprint density at radius 1 is 1.16 bits per heavy atom. The average molecular weight is 450 g/mol. The number of halogens is 1. The van der Waals surface area contributed by atoms with Crippen LogP contribution in [0.5, 0.6) is 5.75 Å². The third kappa shape index (κ3) is 3.42. The van der Waals surface area contributed by atoms with Crippen LogP contribution in [0.3, 0.4) is 0 Å². The zero-order chi connectivity index (χ0) is 22.2. The number of hydrogen-bond acceptors (Lipinski definition) is 6. The van der Waals surface area contributed by atoms with Crippen LogP contribution in [0, 0.1) is 0 Å². The molecule has 0 aliphatic carbocycles. The van der Waals surface area contributed by atoms with Gasteiger partial charge in [-0.3, -0.25) is 4.57 Å². The first kappa shape index (κ1) is 20.3. The number of aromatic nitrogens is 5. The minimum Gasteiger partial charge on any atom is -0.497 e. The second-order valence-electron chi connectivity index (χ2n) is 7.34. The van der Waals surface area contributed by atoms with E-state index in [-0.39, 0.29) is 12.3 Å². The van der Waals surface area contributed by atoms with Crippen molar-refractivity contribution in [2.75, 3.05) is 13.7 Å². The van der Waals surface area contributed by atoms with Crippen molar-refractivity contribution in [2.45, 2.75) is 19.9 Å². The highest BCUT2D eigenvalue weighted by atomic mass is 35.5. The minimum absolute atomic E-state index is 0.276. The van der Waals surface area contributed by atoms with Crippen molar-refractivity contribution in [3.05, 3.63) is 76.6 Å². The number of carbonyl (C=O) groups is 1. The summed E-state index contributed by atoms with van der Waals surface area (Å²) in [5, 5.41) is 9.54. The van der Waals surface area contributed by atoms with Crippen LogP contribution < -0.4 is 4.74 Å². The van der Waals surface area contributed by atoms with Crippen molar-refractivity contribution in [1.82, 2.24) is 24.3 Å². The van der Waals surface area contributed by atoms with Crippen molar-refractivity contribution < 1.29 is 14.3 Å². The van der Waals surface area contributed by atoms with E-state index < -0.39 is 5.97 Å². The molecule has 4 aromatic rings. The maximum absolute atomic E-state index is 12.6. The smallest absolute Gasteiger partial charge is 0.358 e. The number of imidazole rings is 1. The predicted octanol–water partition coefficient (Wildman–Crippen LogP) is 3.92. The zero-order valence-corrected chi connectivity index (χ0v) is 18.3. The SMILES string of the molecule is CCOC(=O)c1ncn2c1Cn1c(Cc3ccc(OC)cc3)nnc1-c1cc(Cl)ccc1-2. The molecule has 0 unspecified atom stereocenters. The van der Waals surface area contributed by atoms with Crippen LogP contribution in [0.4, 0.5) is 0 Å². The Hall–Kier alpha value is -3.65. The van der Waals surface area contributed by atoms with Crippen molar-refractivity contribution in [3.8, 4) is 22.8 Å². The number of methoxy groups -OCH3 is 1. The van der Waals surface area contributed by atoms with Crippen molar-refractivity contribution in [1.29, 1.82) is 0 Å². The molecular formula is C23H20ClN5O3. The Morgan fingerprint density at radius 2 is 1.97 bits per heavy atom. The van der Waals surface area contributed by atoms with Crippen LogP contribution in [-0.2, 0) is 17.7 Å². The first-order valence-corrected chi connectivity index (χ1v) is 10.6. The number of ether oxygens (including phenoxy) is 2. The second kappa shape index (κ2) is 8.12. The van der Waals surface area contributed by atoms with E-state index in [1.807, 2.05) is 45.5 Å². The van der Waals surface area contributed by atoms with E-state index in [4.69, 9.17) is 21.1 Å². The summed E-state index contributed by atoms with van der Waals surface area (Å²) < 4.78 is 14.4. The van der Waals surface area contributed by atoms with Gasteiger partial charge in [0, 0.05) is 17.0 Å². The molecule has 0 N–H and O–H groups in total. The number of nitrogens with zero attached hydrogens (tertiary/aromatic N) is 5. The predicted molar refractivity (Wildman–Crippen MR) is 118 cm³/mol. The molecule has 1 aliphatic rings. The van der Waals surface area contributed by atoms with E-state index in [0.29, 0.717) is 29.5 Å². The fraction of sp³-hybridized carbons (Fsp3) is 0.217. The fourth-order valence-electron chi connectivity index (χ4n) is 3.91. The number of hydrogen-bond donors (Lipinski definition) is 0. The van der Waals surface area contributed by atoms with E-state index in [1.165, 1.54) is 0 Å². The van der Waals surface area contributed by atoms with Crippen LogP contribution in [0.2, 0.25) is 5.02 Å². The first-order valence-electron chi connectivity index (χ1n) is 10.2. The van der Waals surface area contributed by atoms with Crippen LogP contribution in [0.15, 0.2) is 48.8 Å². The van der Waals surface area contributed by atoms with Gasteiger partial charge < -0.3 is 14.0 Å². The Bertz CT molecular complexity index is 1310. The second-order valence-corrected chi connectivity index (χ2v) is 7.78. The molecule has 0 radical (unpaired) electrons. The topological polar surface area (TPSA) is 84.1 Å². The maximum atomic E-state index is 12.6. The lowest BCUT2D eigenvalue weighted by Gasteiger charge is -2.10. The highest BCUT2D eigenvalue weighted by Crippen LogP contribution is 2.34. The molecule has 0 saturated carbocycles. The standard InChI is InChI=1S/C23H20ClN5O3/c1-3-32-23(30)21-19-12-28-20(10-14-4-7-16(31-2)8-5-14)26-27-22(28)17-11-15(24)6-9-18(17)29(19)13-25-21/h4-9,11,13H,3,10,12H2,1-2H3. The fourth-order valence-corrected chi connectivity index (χ4v) is 4.08. The van der Waals surface area contributed by atoms with E-state index in [0.717, 1.165) is 28.4 Å². The monoisotopic (exact) mass is 449 g/mol. The number of fused-ring (bicyclic) bond motifs is 5. The van der Waals surface area contributed by atoms with E-state index in [9.17, 15) is 4.79 Å². The molecule has 0 atom stereocenters. The lowest BCUT2D eigenvalue weighted by Crippen LogP contribution is -2.13. The Balaban J connectivity index is 1.64. The summed E-state index contributed by atoms with van der Waals surface area (Å²) in [4.78, 5) is 16.9. The van der Waals surface area contributed by atoms with Gasteiger partial charge in [-0.05, 0) is 42.8 Å². The Morgan fingerprint density at radius 3 is 2.72 bits per heavy atom. The van der Waals surface area contributed by atoms with Gasteiger partial charge in [0.1, 0.15) is 17.9 Å². The highest BCUT2D eigenvalue weighted by molar-refractivity contribution is 6.31. The molecule has 162 valence electrons. The third-order valence-electron chi connectivity index (χ3n) is 5.45. The quantitative estimate of drug-likeness (QED) is 0.378. The van der Waals surface area contributed by atoms with Crippen LogP contribution >= 0.6 is 11.6 Å². The molecular weight excluding hydrogens is 430 g/mol. The van der Waals surface area contributed by atoms with Crippen molar-refractivity contribution in [2.24, 2.45) is 0 Å². The molecule has 0 amide bonds. The van der Waals surface area contributed by atoms with Crippen LogP contribution in [-0.4, -0.2) is 44.0 Å². The van der Waals surface area contributed by atoms with E-state index >= 15 is 0 Å². The van der Waals surface area contributed by atoms with Gasteiger partial charge in [0.05, 0.1) is 31.6 Å². The maximum Gasteiger partial charge on any atom is 0.358 e. The summed E-state index contributed by atoms with van der Waals surface area (Å²) >= 11 is 6.32. The van der Waals surface area contributed by atoms with Gasteiger partial charge in [0.25, 0.3) is 0 Å². The summed E-state index contributed by atoms with van der Waals surface area (Å²) in [7, 11) is 1.64. The van der Waals surface area contributed by atoms with Crippen molar-refractivity contribution in [3.63, 3.8) is 0 Å². The highest BCUT2D eigenvalue weighted by Gasteiger charge is 2.28. The number of esters is 1. The summed E-state index contributed by atoms with van der Waals surface area (Å²) in [5.41, 5.74) is 3.70. The zero-order valence-electron chi connectivity index (χ0n) is 17.6. The molecule has 2 aromatic heterocycles. The lowest BCUT2D eigenvalue weighted by atomic mass is 10.1. The van der Waals surface area contributed by atoms with Gasteiger partial charge in [-0.1, -0.05) is 23.7 Å². The van der Waals surface area contributed by atoms with Gasteiger partial charge in [-0.2, -0.15) is 0 Å². The molecule has 8 nitrogen and oxygen atoms in total. The molecule has 5 rings (SSSR count). The third-order valence-corrected chi connectivity index (χ3v) is 5.69.